The maximum absolute atomic E-state index is 13.5. The summed E-state index contributed by atoms with van der Waals surface area (Å²) in [6.45, 7) is 0. The van der Waals surface area contributed by atoms with E-state index in [-0.39, 0.29) is 11.5 Å². The molecule has 4 aromatic rings. The summed E-state index contributed by atoms with van der Waals surface area (Å²) >= 11 is 6.56. The van der Waals surface area contributed by atoms with Crippen molar-refractivity contribution in [3.63, 3.8) is 0 Å². The van der Waals surface area contributed by atoms with Gasteiger partial charge in [-0.1, -0.05) is 60.1 Å². The largest absolute Gasteiger partial charge is 0.478 e. The van der Waals surface area contributed by atoms with Gasteiger partial charge in [0, 0.05) is 21.8 Å². The molecular formula is C24H16ClN3O3. The van der Waals surface area contributed by atoms with Crippen LogP contribution in [-0.2, 0) is 0 Å². The third kappa shape index (κ3) is 3.08. The summed E-state index contributed by atoms with van der Waals surface area (Å²) in [6, 6.07) is 22.7. The number of hydrogen-bond acceptors (Lipinski definition) is 3. The molecule has 2 heterocycles. The number of carbonyl (C=O) groups is 2. The number of fused-ring (bicyclic) bond motifs is 1. The van der Waals surface area contributed by atoms with Crippen LogP contribution in [0.4, 0.5) is 5.69 Å². The molecule has 6 nitrogen and oxygen atoms in total. The standard InChI is InChI=1S/C24H16ClN3O3/c25-18-9-5-4-8-17(18)22-19-20(14-6-2-1-3-7-14)26-27-21(19)23(29)28(22)16-12-10-15(11-13-16)24(30)31/h1-13,22H,(H,26,27)(H,30,31). The van der Waals surface area contributed by atoms with Crippen molar-refractivity contribution < 1.29 is 14.7 Å². The number of carboxylic acid groups (broad SMARTS) is 1. The topological polar surface area (TPSA) is 86.3 Å². The van der Waals surface area contributed by atoms with Crippen LogP contribution in [0, 0.1) is 0 Å². The molecule has 0 aliphatic carbocycles. The van der Waals surface area contributed by atoms with Gasteiger partial charge in [0.15, 0.2) is 0 Å². The number of aromatic carboxylic acids is 1. The fourth-order valence-corrected chi connectivity index (χ4v) is 4.22. The number of carboxylic acids is 1. The summed E-state index contributed by atoms with van der Waals surface area (Å²) in [5.41, 5.74) is 4.18. The van der Waals surface area contributed by atoms with Gasteiger partial charge in [0.25, 0.3) is 5.91 Å². The number of H-pyrrole nitrogens is 1. The fraction of sp³-hybridized carbons (Fsp3) is 0.0417. The second kappa shape index (κ2) is 7.41. The van der Waals surface area contributed by atoms with E-state index in [4.69, 9.17) is 11.6 Å². The van der Waals surface area contributed by atoms with Crippen LogP contribution in [0.1, 0.15) is 38.0 Å². The van der Waals surface area contributed by atoms with Gasteiger partial charge in [-0.2, -0.15) is 5.10 Å². The Kier molecular flexibility index (Phi) is 4.56. The van der Waals surface area contributed by atoms with Gasteiger partial charge in [0.1, 0.15) is 5.69 Å². The van der Waals surface area contributed by atoms with Crippen molar-refractivity contribution >= 4 is 29.2 Å². The van der Waals surface area contributed by atoms with Crippen molar-refractivity contribution in [3.8, 4) is 11.3 Å². The van der Waals surface area contributed by atoms with Gasteiger partial charge >= 0.3 is 5.97 Å². The highest BCUT2D eigenvalue weighted by atomic mass is 35.5. The highest BCUT2D eigenvalue weighted by Gasteiger charge is 2.43. The average Bonchev–Trinajstić information content (AvgIpc) is 3.34. The maximum atomic E-state index is 13.5. The van der Waals surface area contributed by atoms with E-state index in [1.54, 1.807) is 23.1 Å². The van der Waals surface area contributed by atoms with Crippen LogP contribution in [0.25, 0.3) is 11.3 Å². The smallest absolute Gasteiger partial charge is 0.335 e. The lowest BCUT2D eigenvalue weighted by atomic mass is 9.95. The minimum absolute atomic E-state index is 0.148. The quantitative estimate of drug-likeness (QED) is 0.468. The summed E-state index contributed by atoms with van der Waals surface area (Å²) in [5, 5.41) is 17.1. The van der Waals surface area contributed by atoms with E-state index in [0.29, 0.717) is 22.1 Å². The minimum atomic E-state index is -1.03. The molecule has 0 radical (unpaired) electrons. The van der Waals surface area contributed by atoms with Crippen LogP contribution in [0.2, 0.25) is 5.02 Å². The number of anilines is 1. The fourth-order valence-electron chi connectivity index (χ4n) is 3.99. The summed E-state index contributed by atoms with van der Waals surface area (Å²) < 4.78 is 0. The van der Waals surface area contributed by atoms with E-state index >= 15 is 0 Å². The third-order valence-electron chi connectivity index (χ3n) is 5.41. The monoisotopic (exact) mass is 429 g/mol. The predicted molar refractivity (Wildman–Crippen MR) is 118 cm³/mol. The Morgan fingerprint density at radius 2 is 1.65 bits per heavy atom. The van der Waals surface area contributed by atoms with Gasteiger partial charge in [-0.05, 0) is 35.9 Å². The number of carbonyl (C=O) groups excluding carboxylic acids is 1. The zero-order valence-electron chi connectivity index (χ0n) is 16.1. The molecule has 1 amide bonds. The number of nitrogens with one attached hydrogen (secondary N) is 1. The predicted octanol–water partition coefficient (Wildman–Crippen LogP) is 5.18. The van der Waals surface area contributed by atoms with Crippen LogP contribution in [0.3, 0.4) is 0 Å². The molecule has 1 aliphatic heterocycles. The number of amides is 1. The second-order valence-electron chi connectivity index (χ2n) is 7.18. The molecule has 31 heavy (non-hydrogen) atoms. The molecule has 1 atom stereocenters. The van der Waals surface area contributed by atoms with Crippen LogP contribution in [-0.4, -0.2) is 27.2 Å². The summed E-state index contributed by atoms with van der Waals surface area (Å²) in [5.74, 6) is -1.28. The number of aromatic amines is 1. The highest BCUT2D eigenvalue weighted by molar-refractivity contribution is 6.31. The minimum Gasteiger partial charge on any atom is -0.478 e. The lowest BCUT2D eigenvalue weighted by molar-refractivity contribution is 0.0696. The van der Waals surface area contributed by atoms with Crippen molar-refractivity contribution in [2.75, 3.05) is 4.90 Å². The van der Waals surface area contributed by atoms with Crippen molar-refractivity contribution in [3.05, 3.63) is 106 Å². The molecule has 0 saturated carbocycles. The van der Waals surface area contributed by atoms with Crippen LogP contribution in [0.15, 0.2) is 78.9 Å². The van der Waals surface area contributed by atoms with Gasteiger partial charge in [-0.15, -0.1) is 0 Å². The van der Waals surface area contributed by atoms with Crippen LogP contribution >= 0.6 is 11.6 Å². The number of halogens is 1. The van der Waals surface area contributed by atoms with Crippen molar-refractivity contribution in [2.24, 2.45) is 0 Å². The van der Waals surface area contributed by atoms with Crippen molar-refractivity contribution in [1.29, 1.82) is 0 Å². The SMILES string of the molecule is O=C(O)c1ccc(N2C(=O)c3[nH]nc(-c4ccccc4)c3C2c2ccccc2Cl)cc1. The van der Waals surface area contributed by atoms with Gasteiger partial charge in [-0.3, -0.25) is 14.8 Å². The third-order valence-corrected chi connectivity index (χ3v) is 5.75. The Hall–Kier alpha value is -3.90. The normalized spacial score (nSPS) is 15.2. The zero-order valence-corrected chi connectivity index (χ0v) is 16.9. The average molecular weight is 430 g/mol. The van der Waals surface area contributed by atoms with E-state index in [0.717, 1.165) is 16.7 Å². The first-order valence-corrected chi connectivity index (χ1v) is 9.99. The number of benzene rings is 3. The molecule has 1 aromatic heterocycles. The summed E-state index contributed by atoms with van der Waals surface area (Å²) in [4.78, 5) is 26.3. The lowest BCUT2D eigenvalue weighted by Crippen LogP contribution is -2.29. The Morgan fingerprint density at radius 3 is 2.32 bits per heavy atom. The van der Waals surface area contributed by atoms with Gasteiger partial charge in [0.05, 0.1) is 17.3 Å². The molecular weight excluding hydrogens is 414 g/mol. The number of nitrogens with zero attached hydrogens (tertiary/aromatic N) is 2. The van der Waals surface area contributed by atoms with Gasteiger partial charge in [0.2, 0.25) is 0 Å². The zero-order chi connectivity index (χ0) is 21.5. The molecule has 0 bridgehead atoms. The number of aromatic nitrogens is 2. The van der Waals surface area contributed by atoms with E-state index in [9.17, 15) is 14.7 Å². The Bertz CT molecular complexity index is 1300. The molecule has 5 rings (SSSR count). The number of rotatable bonds is 4. The molecule has 152 valence electrons. The first-order chi connectivity index (χ1) is 15.1. The molecule has 1 unspecified atom stereocenters. The molecule has 0 spiro atoms. The molecule has 0 fully saturated rings. The molecule has 1 aliphatic rings. The van der Waals surface area contributed by atoms with E-state index < -0.39 is 12.0 Å². The summed E-state index contributed by atoms with van der Waals surface area (Å²) in [6.07, 6.45) is 0. The van der Waals surface area contributed by atoms with Crippen LogP contribution < -0.4 is 4.90 Å². The van der Waals surface area contributed by atoms with E-state index in [1.165, 1.54) is 12.1 Å². The molecule has 2 N–H and O–H groups in total. The Labute approximate surface area is 182 Å². The second-order valence-corrected chi connectivity index (χ2v) is 7.59. The molecule has 3 aromatic carbocycles. The number of hydrogen-bond donors (Lipinski definition) is 2. The van der Waals surface area contributed by atoms with Crippen LogP contribution in [0.5, 0.6) is 0 Å². The van der Waals surface area contributed by atoms with Crippen molar-refractivity contribution in [2.45, 2.75) is 6.04 Å². The molecule has 0 saturated heterocycles. The lowest BCUT2D eigenvalue weighted by Gasteiger charge is -2.27. The van der Waals surface area contributed by atoms with Crippen molar-refractivity contribution in [1.82, 2.24) is 10.2 Å². The van der Waals surface area contributed by atoms with Gasteiger partial charge in [-0.25, -0.2) is 4.79 Å². The Morgan fingerprint density at radius 1 is 0.968 bits per heavy atom. The molecule has 7 heteroatoms. The van der Waals surface area contributed by atoms with E-state index in [2.05, 4.69) is 10.2 Å². The maximum Gasteiger partial charge on any atom is 0.335 e. The van der Waals surface area contributed by atoms with E-state index in [1.807, 2.05) is 48.5 Å². The highest BCUT2D eigenvalue weighted by Crippen LogP contribution is 2.46. The van der Waals surface area contributed by atoms with Gasteiger partial charge < -0.3 is 5.11 Å². The Balaban J connectivity index is 1.72. The summed E-state index contributed by atoms with van der Waals surface area (Å²) in [7, 11) is 0. The first kappa shape index (κ1) is 19.1. The first-order valence-electron chi connectivity index (χ1n) is 9.61.